The predicted molar refractivity (Wildman–Crippen MR) is 87.1 cm³/mol. The number of para-hydroxylation sites is 1. The first-order valence-electron chi connectivity index (χ1n) is 7.88. The molecule has 5 heteroatoms. The van der Waals surface area contributed by atoms with Crippen LogP contribution < -0.4 is 10.6 Å². The average Bonchev–Trinajstić information content (AvgIpc) is 2.93. The van der Waals surface area contributed by atoms with Crippen LogP contribution in [0.15, 0.2) is 30.5 Å². The van der Waals surface area contributed by atoms with Crippen LogP contribution in [0.3, 0.4) is 0 Å². The minimum atomic E-state index is -0.171. The van der Waals surface area contributed by atoms with Gasteiger partial charge in [0.15, 0.2) is 0 Å². The summed E-state index contributed by atoms with van der Waals surface area (Å²) in [6.45, 7) is 3.27. The highest BCUT2D eigenvalue weighted by atomic mass is 16.2. The Balaban J connectivity index is 1.50. The van der Waals surface area contributed by atoms with Crippen LogP contribution >= 0.6 is 0 Å². The summed E-state index contributed by atoms with van der Waals surface area (Å²) in [6, 6.07) is 7.58. The molecule has 0 unspecified atom stereocenters. The van der Waals surface area contributed by atoms with Crippen molar-refractivity contribution in [1.82, 2.24) is 15.1 Å². The van der Waals surface area contributed by atoms with Crippen LogP contribution in [0, 0.1) is 6.92 Å². The van der Waals surface area contributed by atoms with Gasteiger partial charge in [-0.3, -0.25) is 4.68 Å². The summed E-state index contributed by atoms with van der Waals surface area (Å²) in [4.78, 5) is 11.9. The molecule has 0 saturated heterocycles. The highest BCUT2D eigenvalue weighted by Gasteiger charge is 2.14. The maximum atomic E-state index is 11.9. The van der Waals surface area contributed by atoms with Gasteiger partial charge < -0.3 is 10.6 Å². The third kappa shape index (κ3) is 3.30. The van der Waals surface area contributed by atoms with Crippen molar-refractivity contribution in [1.29, 1.82) is 0 Å². The maximum Gasteiger partial charge on any atom is 0.319 e. The third-order valence-corrected chi connectivity index (χ3v) is 4.15. The van der Waals surface area contributed by atoms with E-state index in [1.54, 1.807) is 0 Å². The minimum Gasteiger partial charge on any atom is -0.336 e. The lowest BCUT2D eigenvalue weighted by atomic mass is 9.98. The van der Waals surface area contributed by atoms with Crippen molar-refractivity contribution in [2.75, 3.05) is 11.9 Å². The third-order valence-electron chi connectivity index (χ3n) is 4.15. The van der Waals surface area contributed by atoms with E-state index in [4.69, 9.17) is 0 Å². The average molecular weight is 298 g/mol. The Kier molecular flexibility index (Phi) is 4.42. The highest BCUT2D eigenvalue weighted by Crippen LogP contribution is 2.20. The lowest BCUT2D eigenvalue weighted by Gasteiger charge is -2.14. The molecule has 1 aromatic carbocycles. The van der Waals surface area contributed by atoms with E-state index in [1.165, 1.54) is 24.1 Å². The van der Waals surface area contributed by atoms with Crippen molar-refractivity contribution in [3.8, 4) is 0 Å². The first-order valence-corrected chi connectivity index (χ1v) is 7.88. The number of nitrogens with one attached hydrogen (secondary N) is 2. The van der Waals surface area contributed by atoms with Gasteiger partial charge in [0.05, 0.1) is 12.7 Å². The van der Waals surface area contributed by atoms with E-state index in [9.17, 15) is 4.79 Å². The van der Waals surface area contributed by atoms with Crippen molar-refractivity contribution < 1.29 is 4.79 Å². The second-order valence-electron chi connectivity index (χ2n) is 5.74. The molecule has 1 heterocycles. The monoisotopic (exact) mass is 298 g/mol. The molecule has 2 N–H and O–H groups in total. The van der Waals surface area contributed by atoms with Crippen LogP contribution in [-0.2, 0) is 19.4 Å². The molecular formula is C17H22N4O. The molecule has 5 nitrogen and oxygen atoms in total. The van der Waals surface area contributed by atoms with E-state index in [-0.39, 0.29) is 6.03 Å². The molecule has 0 radical (unpaired) electrons. The van der Waals surface area contributed by atoms with Crippen molar-refractivity contribution in [2.24, 2.45) is 0 Å². The topological polar surface area (TPSA) is 59.0 Å². The number of anilines is 1. The van der Waals surface area contributed by atoms with E-state index in [0.29, 0.717) is 6.54 Å². The van der Waals surface area contributed by atoms with Gasteiger partial charge in [-0.2, -0.15) is 5.10 Å². The lowest BCUT2D eigenvalue weighted by Crippen LogP contribution is -2.32. The van der Waals surface area contributed by atoms with E-state index in [0.717, 1.165) is 30.6 Å². The Hall–Kier alpha value is -2.30. The molecule has 0 fully saturated rings. The van der Waals surface area contributed by atoms with E-state index < -0.39 is 0 Å². The Morgan fingerprint density at radius 2 is 2.09 bits per heavy atom. The summed E-state index contributed by atoms with van der Waals surface area (Å²) in [5.41, 5.74) is 4.61. The van der Waals surface area contributed by atoms with Gasteiger partial charge in [-0.1, -0.05) is 18.2 Å². The van der Waals surface area contributed by atoms with Crippen LogP contribution in [0.2, 0.25) is 0 Å². The van der Waals surface area contributed by atoms with Gasteiger partial charge in [0.1, 0.15) is 0 Å². The van der Waals surface area contributed by atoms with Gasteiger partial charge in [-0.05, 0) is 49.8 Å². The fourth-order valence-corrected chi connectivity index (χ4v) is 2.90. The molecule has 0 bridgehead atoms. The maximum absolute atomic E-state index is 11.9. The number of aryl methyl sites for hydroxylation is 2. The standard InChI is InChI=1S/C17H22N4O/c1-13-6-2-4-8-15(13)20-17(22)18-10-11-21-16-9-5-3-7-14(16)12-19-21/h2,4,6,8,12H,3,5,7,9-11H2,1H3,(H2,18,20,22). The number of benzene rings is 1. The SMILES string of the molecule is Cc1ccccc1NC(=O)NCCn1ncc2c1CCCC2. The van der Waals surface area contributed by atoms with E-state index >= 15 is 0 Å². The van der Waals surface area contributed by atoms with Crippen LogP contribution in [0.5, 0.6) is 0 Å². The summed E-state index contributed by atoms with van der Waals surface area (Å²) in [5, 5.41) is 10.2. The number of nitrogens with zero attached hydrogens (tertiary/aromatic N) is 2. The van der Waals surface area contributed by atoms with Crippen LogP contribution in [0.1, 0.15) is 29.7 Å². The van der Waals surface area contributed by atoms with Gasteiger partial charge in [-0.25, -0.2) is 4.79 Å². The number of urea groups is 1. The van der Waals surface area contributed by atoms with Gasteiger partial charge in [-0.15, -0.1) is 0 Å². The Morgan fingerprint density at radius 1 is 1.27 bits per heavy atom. The fraction of sp³-hybridized carbons (Fsp3) is 0.412. The number of aromatic nitrogens is 2. The molecule has 1 aliphatic rings. The molecule has 22 heavy (non-hydrogen) atoms. The quantitative estimate of drug-likeness (QED) is 0.912. The first-order chi connectivity index (χ1) is 10.7. The first kappa shape index (κ1) is 14.6. The second-order valence-corrected chi connectivity index (χ2v) is 5.74. The fourth-order valence-electron chi connectivity index (χ4n) is 2.90. The van der Waals surface area contributed by atoms with Crippen LogP contribution in [0.4, 0.5) is 10.5 Å². The molecule has 1 aliphatic carbocycles. The molecule has 0 spiro atoms. The van der Waals surface area contributed by atoms with Gasteiger partial charge in [0, 0.05) is 17.9 Å². The van der Waals surface area contributed by atoms with E-state index in [1.807, 2.05) is 42.1 Å². The molecule has 116 valence electrons. The Bertz CT molecular complexity index is 662. The van der Waals surface area contributed by atoms with Gasteiger partial charge in [0.25, 0.3) is 0 Å². The van der Waals surface area contributed by atoms with Gasteiger partial charge >= 0.3 is 6.03 Å². The number of amides is 2. The summed E-state index contributed by atoms with van der Waals surface area (Å²) >= 11 is 0. The summed E-state index contributed by atoms with van der Waals surface area (Å²) < 4.78 is 2.03. The Labute approximate surface area is 130 Å². The number of carbonyl (C=O) groups excluding carboxylic acids is 1. The Morgan fingerprint density at radius 3 is 2.95 bits per heavy atom. The number of fused-ring (bicyclic) bond motifs is 1. The lowest BCUT2D eigenvalue weighted by molar-refractivity contribution is 0.251. The van der Waals surface area contributed by atoms with Crippen LogP contribution in [0.25, 0.3) is 0 Å². The zero-order chi connectivity index (χ0) is 15.4. The highest BCUT2D eigenvalue weighted by molar-refractivity contribution is 5.89. The van der Waals surface area contributed by atoms with Crippen molar-refractivity contribution in [2.45, 2.75) is 39.2 Å². The molecule has 2 aromatic rings. The number of hydrogen-bond donors (Lipinski definition) is 2. The number of rotatable bonds is 4. The summed E-state index contributed by atoms with van der Waals surface area (Å²) in [7, 11) is 0. The minimum absolute atomic E-state index is 0.171. The molecule has 0 saturated carbocycles. The molecule has 3 rings (SSSR count). The number of hydrogen-bond acceptors (Lipinski definition) is 2. The zero-order valence-corrected chi connectivity index (χ0v) is 12.9. The van der Waals surface area contributed by atoms with Crippen molar-refractivity contribution in [3.63, 3.8) is 0 Å². The largest absolute Gasteiger partial charge is 0.336 e. The van der Waals surface area contributed by atoms with E-state index in [2.05, 4.69) is 15.7 Å². The number of carbonyl (C=O) groups is 1. The molecule has 0 aliphatic heterocycles. The molecular weight excluding hydrogens is 276 g/mol. The zero-order valence-electron chi connectivity index (χ0n) is 12.9. The normalized spacial score (nSPS) is 13.5. The summed E-state index contributed by atoms with van der Waals surface area (Å²) in [5.74, 6) is 0. The van der Waals surface area contributed by atoms with Crippen LogP contribution in [-0.4, -0.2) is 22.4 Å². The summed E-state index contributed by atoms with van der Waals surface area (Å²) in [6.07, 6.45) is 6.71. The van der Waals surface area contributed by atoms with Crippen molar-refractivity contribution in [3.05, 3.63) is 47.3 Å². The molecule has 0 atom stereocenters. The van der Waals surface area contributed by atoms with Crippen molar-refractivity contribution >= 4 is 11.7 Å². The predicted octanol–water partition coefficient (Wildman–Crippen LogP) is 2.89. The second kappa shape index (κ2) is 6.64. The smallest absolute Gasteiger partial charge is 0.319 e. The molecule has 2 amide bonds. The molecule has 1 aromatic heterocycles. The van der Waals surface area contributed by atoms with Gasteiger partial charge in [0.2, 0.25) is 0 Å².